The molecule has 0 spiro atoms. The third-order valence-corrected chi connectivity index (χ3v) is 4.36. The normalized spacial score (nSPS) is 14.4. The number of benzene rings is 1. The van der Waals surface area contributed by atoms with Crippen LogP contribution >= 0.6 is 11.8 Å². The molecule has 0 atom stereocenters. The molecule has 0 amide bonds. The van der Waals surface area contributed by atoms with E-state index in [1.54, 1.807) is 6.26 Å². The molecule has 2 aromatic rings. The van der Waals surface area contributed by atoms with Gasteiger partial charge < -0.3 is 9.26 Å². The Hall–Kier alpha value is -2.29. The summed E-state index contributed by atoms with van der Waals surface area (Å²) in [6, 6.07) is 2.80. The van der Waals surface area contributed by atoms with Gasteiger partial charge in [-0.05, 0) is 37.3 Å². The molecule has 5 nitrogen and oxygen atoms in total. The van der Waals surface area contributed by atoms with Crippen molar-refractivity contribution in [2.75, 3.05) is 6.26 Å². The summed E-state index contributed by atoms with van der Waals surface area (Å²) in [4.78, 5) is 24.8. The zero-order valence-electron chi connectivity index (χ0n) is 12.9. The number of ketones is 1. The van der Waals surface area contributed by atoms with Gasteiger partial charge in [0, 0.05) is 10.5 Å². The molecule has 1 aliphatic carbocycles. The fourth-order valence-corrected chi connectivity index (χ4v) is 2.76. The first kappa shape index (κ1) is 17.5. The molecule has 1 aromatic heterocycles. The van der Waals surface area contributed by atoms with E-state index in [0.29, 0.717) is 0 Å². The van der Waals surface area contributed by atoms with Crippen LogP contribution in [-0.2, 0) is 10.9 Å². The summed E-state index contributed by atoms with van der Waals surface area (Å²) < 4.78 is 48.3. The Labute approximate surface area is 144 Å². The average molecular weight is 371 g/mol. The van der Waals surface area contributed by atoms with Gasteiger partial charge >= 0.3 is 12.1 Å². The number of aromatic nitrogens is 1. The number of nitrogens with zero attached hydrogens (tertiary/aromatic N) is 1. The molecule has 132 valence electrons. The lowest BCUT2D eigenvalue weighted by Crippen LogP contribution is -2.14. The number of carbonyl (C=O) groups is 2. The molecular formula is C16H12F3NO4S. The molecule has 3 rings (SSSR count). The molecule has 9 heteroatoms. The van der Waals surface area contributed by atoms with Crippen LogP contribution in [0.3, 0.4) is 0 Å². The Balaban J connectivity index is 1.93. The highest BCUT2D eigenvalue weighted by atomic mass is 32.2. The third kappa shape index (κ3) is 3.71. The van der Waals surface area contributed by atoms with E-state index >= 15 is 0 Å². The summed E-state index contributed by atoms with van der Waals surface area (Å²) in [5.74, 6) is -1.43. The minimum atomic E-state index is -4.51. The molecular weight excluding hydrogens is 359 g/mol. The summed E-state index contributed by atoms with van der Waals surface area (Å²) in [6.45, 7) is 0. The third-order valence-electron chi connectivity index (χ3n) is 3.58. The maximum Gasteiger partial charge on any atom is 0.416 e. The first-order valence-corrected chi connectivity index (χ1v) is 8.49. The number of rotatable bonds is 5. The fraction of sp³-hybridized carbons (Fsp3) is 0.312. The molecule has 0 aliphatic heterocycles. The van der Waals surface area contributed by atoms with Crippen molar-refractivity contribution in [2.45, 2.75) is 30.0 Å². The molecule has 0 unspecified atom stereocenters. The Morgan fingerprint density at radius 2 is 2.00 bits per heavy atom. The lowest BCUT2D eigenvalue weighted by Gasteiger charge is -2.11. The van der Waals surface area contributed by atoms with Crippen LogP contribution in [0.1, 0.15) is 44.8 Å². The van der Waals surface area contributed by atoms with Crippen LogP contribution < -0.4 is 0 Å². The first-order valence-electron chi connectivity index (χ1n) is 7.26. The fourth-order valence-electron chi connectivity index (χ4n) is 2.14. The van der Waals surface area contributed by atoms with E-state index in [4.69, 9.17) is 9.26 Å². The Bertz CT molecular complexity index is 827. The average Bonchev–Trinajstić information content (AvgIpc) is 3.24. The number of hydrogen-bond acceptors (Lipinski definition) is 6. The van der Waals surface area contributed by atoms with Crippen molar-refractivity contribution in [3.05, 3.63) is 46.8 Å². The van der Waals surface area contributed by atoms with E-state index in [-0.39, 0.29) is 27.8 Å². The smallest absolute Gasteiger partial charge is 0.416 e. The molecule has 1 heterocycles. The van der Waals surface area contributed by atoms with Gasteiger partial charge in [-0.1, -0.05) is 5.16 Å². The molecule has 1 fully saturated rings. The number of alkyl halides is 3. The second-order valence-electron chi connectivity index (χ2n) is 5.42. The van der Waals surface area contributed by atoms with E-state index in [1.165, 1.54) is 0 Å². The van der Waals surface area contributed by atoms with Crippen molar-refractivity contribution in [1.82, 2.24) is 5.16 Å². The number of thioether (sulfide) groups is 1. The van der Waals surface area contributed by atoms with Gasteiger partial charge in [0.15, 0.2) is 5.78 Å². The second-order valence-corrected chi connectivity index (χ2v) is 6.27. The summed E-state index contributed by atoms with van der Waals surface area (Å²) in [5, 5.41) is 3.50. The van der Waals surface area contributed by atoms with Gasteiger partial charge in [0.2, 0.25) is 5.69 Å². The SMILES string of the molecule is CSc1cc(C(F)(F)F)ccc1C(=O)c1conc1C(=O)OC1CC1. The highest BCUT2D eigenvalue weighted by Crippen LogP contribution is 2.34. The van der Waals surface area contributed by atoms with Gasteiger partial charge in [-0.2, -0.15) is 13.2 Å². The van der Waals surface area contributed by atoms with E-state index in [9.17, 15) is 22.8 Å². The van der Waals surface area contributed by atoms with Gasteiger partial charge in [-0.25, -0.2) is 4.79 Å². The molecule has 1 aliphatic rings. The molecule has 0 bridgehead atoms. The van der Waals surface area contributed by atoms with E-state index in [1.807, 2.05) is 0 Å². The van der Waals surface area contributed by atoms with Crippen molar-refractivity contribution in [3.63, 3.8) is 0 Å². The standard InChI is InChI=1S/C16H12F3NO4S/c1-25-12-6-8(16(17,18)19)2-5-10(12)14(21)11-7-23-20-13(11)15(22)24-9-3-4-9/h2,5-7,9H,3-4H2,1H3. The predicted octanol–water partition coefficient (Wildman–Crippen LogP) is 3.97. The summed E-state index contributed by atoms with van der Waals surface area (Å²) in [6.07, 6.45) is -0.636. The molecule has 0 radical (unpaired) electrons. The highest BCUT2D eigenvalue weighted by molar-refractivity contribution is 7.98. The van der Waals surface area contributed by atoms with Crippen molar-refractivity contribution in [3.8, 4) is 0 Å². The zero-order valence-corrected chi connectivity index (χ0v) is 13.7. The van der Waals surface area contributed by atoms with Crippen molar-refractivity contribution in [1.29, 1.82) is 0 Å². The van der Waals surface area contributed by atoms with E-state index < -0.39 is 23.5 Å². The van der Waals surface area contributed by atoms with Crippen molar-refractivity contribution < 1.29 is 32.0 Å². The Morgan fingerprint density at radius 3 is 2.60 bits per heavy atom. The van der Waals surface area contributed by atoms with E-state index in [2.05, 4.69) is 5.16 Å². The van der Waals surface area contributed by atoms with Crippen LogP contribution in [-0.4, -0.2) is 29.3 Å². The quantitative estimate of drug-likeness (QED) is 0.450. The van der Waals surface area contributed by atoms with Gasteiger partial charge in [-0.3, -0.25) is 4.79 Å². The lowest BCUT2D eigenvalue weighted by molar-refractivity contribution is -0.137. The first-order chi connectivity index (χ1) is 11.8. The number of hydrogen-bond donors (Lipinski definition) is 0. The Morgan fingerprint density at radius 1 is 1.28 bits per heavy atom. The van der Waals surface area contributed by atoms with Gasteiger partial charge in [0.05, 0.1) is 11.1 Å². The second kappa shape index (κ2) is 6.55. The van der Waals surface area contributed by atoms with Gasteiger partial charge in [0.1, 0.15) is 12.4 Å². The largest absolute Gasteiger partial charge is 0.458 e. The Kier molecular flexibility index (Phi) is 4.59. The topological polar surface area (TPSA) is 69.4 Å². The highest BCUT2D eigenvalue weighted by Gasteiger charge is 2.33. The van der Waals surface area contributed by atoms with Crippen LogP contribution in [0.4, 0.5) is 13.2 Å². The van der Waals surface area contributed by atoms with Crippen LogP contribution in [0, 0.1) is 0 Å². The number of carbonyl (C=O) groups excluding carboxylic acids is 2. The number of ether oxygens (including phenoxy) is 1. The summed E-state index contributed by atoms with van der Waals surface area (Å²) in [7, 11) is 0. The van der Waals surface area contributed by atoms with Crippen LogP contribution in [0.25, 0.3) is 0 Å². The summed E-state index contributed by atoms with van der Waals surface area (Å²) >= 11 is 0.998. The predicted molar refractivity (Wildman–Crippen MR) is 81.6 cm³/mol. The van der Waals surface area contributed by atoms with Gasteiger partial charge in [-0.15, -0.1) is 11.8 Å². The molecule has 1 aromatic carbocycles. The van der Waals surface area contributed by atoms with Gasteiger partial charge in [0.25, 0.3) is 0 Å². The van der Waals surface area contributed by atoms with Crippen molar-refractivity contribution >= 4 is 23.5 Å². The van der Waals surface area contributed by atoms with Crippen LogP contribution in [0.5, 0.6) is 0 Å². The summed E-state index contributed by atoms with van der Waals surface area (Å²) in [5.41, 5.74) is -1.24. The van der Waals surface area contributed by atoms with Crippen LogP contribution in [0.15, 0.2) is 33.9 Å². The molecule has 1 saturated carbocycles. The number of esters is 1. The molecule has 0 N–H and O–H groups in total. The minimum absolute atomic E-state index is 0.0316. The van der Waals surface area contributed by atoms with E-state index in [0.717, 1.165) is 49.1 Å². The monoisotopic (exact) mass is 371 g/mol. The van der Waals surface area contributed by atoms with Crippen LogP contribution in [0.2, 0.25) is 0 Å². The zero-order chi connectivity index (χ0) is 18.2. The number of halogens is 3. The van der Waals surface area contributed by atoms with Crippen molar-refractivity contribution in [2.24, 2.45) is 0 Å². The maximum absolute atomic E-state index is 12.8. The molecule has 0 saturated heterocycles. The lowest BCUT2D eigenvalue weighted by atomic mass is 10.0. The maximum atomic E-state index is 12.8. The minimum Gasteiger partial charge on any atom is -0.458 e. The molecule has 25 heavy (non-hydrogen) atoms.